The Hall–Kier alpha value is -2.46. The number of hydrogen-bond donors (Lipinski definition) is 0. The summed E-state index contributed by atoms with van der Waals surface area (Å²) in [6.07, 6.45) is 0. The minimum atomic E-state index is -0.512. The highest BCUT2D eigenvalue weighted by atomic mass is 16.6. The van der Waals surface area contributed by atoms with E-state index >= 15 is 0 Å². The maximum absolute atomic E-state index is 12.3. The molecular weight excluding hydrogens is 260 g/mol. The van der Waals surface area contributed by atoms with Gasteiger partial charge < -0.3 is 4.90 Å². The fourth-order valence-electron chi connectivity index (χ4n) is 2.14. The Kier molecular flexibility index (Phi) is 4.27. The first kappa shape index (κ1) is 14.0. The van der Waals surface area contributed by atoms with Crippen molar-refractivity contribution in [2.24, 2.45) is 0 Å². The van der Waals surface area contributed by atoms with Gasteiger partial charge >= 0.3 is 0 Å². The molecule has 104 valence electrons. The first-order valence-electron chi connectivity index (χ1n) is 6.25. The summed E-state index contributed by atoms with van der Waals surface area (Å²) in [4.78, 5) is 26.1. The van der Waals surface area contributed by atoms with Gasteiger partial charge in [0.05, 0.1) is 17.5 Å². The SMILES string of the molecule is N#CCN1CCN(C(=O)c2cccc([N+](=O)[O-])c2)CC1. The summed E-state index contributed by atoms with van der Waals surface area (Å²) in [5, 5.41) is 19.3. The highest BCUT2D eigenvalue weighted by Crippen LogP contribution is 2.15. The zero-order valence-electron chi connectivity index (χ0n) is 10.9. The Morgan fingerprint density at radius 3 is 2.65 bits per heavy atom. The monoisotopic (exact) mass is 274 g/mol. The van der Waals surface area contributed by atoms with Gasteiger partial charge in [-0.05, 0) is 6.07 Å². The van der Waals surface area contributed by atoms with Crippen molar-refractivity contribution in [3.05, 3.63) is 39.9 Å². The largest absolute Gasteiger partial charge is 0.336 e. The van der Waals surface area contributed by atoms with Gasteiger partial charge in [-0.15, -0.1) is 0 Å². The van der Waals surface area contributed by atoms with Gasteiger partial charge in [-0.1, -0.05) is 6.07 Å². The topological polar surface area (TPSA) is 90.5 Å². The highest BCUT2D eigenvalue weighted by Gasteiger charge is 2.22. The lowest BCUT2D eigenvalue weighted by molar-refractivity contribution is -0.384. The summed E-state index contributed by atoms with van der Waals surface area (Å²) < 4.78 is 0. The molecule has 0 atom stereocenters. The number of benzene rings is 1. The van der Waals surface area contributed by atoms with Crippen LogP contribution < -0.4 is 0 Å². The minimum Gasteiger partial charge on any atom is -0.336 e. The van der Waals surface area contributed by atoms with Gasteiger partial charge in [-0.25, -0.2) is 0 Å². The zero-order chi connectivity index (χ0) is 14.5. The summed E-state index contributed by atoms with van der Waals surface area (Å²) in [6, 6.07) is 7.83. The number of non-ortho nitro benzene ring substituents is 1. The van der Waals surface area contributed by atoms with Crippen molar-refractivity contribution >= 4 is 11.6 Å². The number of nitrogens with zero attached hydrogens (tertiary/aromatic N) is 4. The number of nitriles is 1. The summed E-state index contributed by atoms with van der Waals surface area (Å²) in [7, 11) is 0. The van der Waals surface area contributed by atoms with E-state index in [2.05, 4.69) is 6.07 Å². The molecule has 7 heteroatoms. The summed E-state index contributed by atoms with van der Waals surface area (Å²) in [5.74, 6) is -0.203. The van der Waals surface area contributed by atoms with E-state index < -0.39 is 4.92 Å². The van der Waals surface area contributed by atoms with Crippen LogP contribution in [0, 0.1) is 21.4 Å². The standard InChI is InChI=1S/C13H14N4O3/c14-4-5-15-6-8-16(9-7-15)13(18)11-2-1-3-12(10-11)17(19)20/h1-3,10H,5-9H2. The van der Waals surface area contributed by atoms with Gasteiger partial charge in [0.1, 0.15) is 0 Å². The Morgan fingerprint density at radius 1 is 1.35 bits per heavy atom. The van der Waals surface area contributed by atoms with Crippen LogP contribution in [0.3, 0.4) is 0 Å². The van der Waals surface area contributed by atoms with Crippen molar-refractivity contribution in [1.82, 2.24) is 9.80 Å². The maximum Gasteiger partial charge on any atom is 0.270 e. The van der Waals surface area contributed by atoms with Crippen LogP contribution in [0.1, 0.15) is 10.4 Å². The van der Waals surface area contributed by atoms with Crippen LogP contribution in [-0.4, -0.2) is 53.4 Å². The molecule has 0 unspecified atom stereocenters. The first-order valence-corrected chi connectivity index (χ1v) is 6.25. The molecule has 0 radical (unpaired) electrons. The molecule has 1 aromatic carbocycles. The number of amides is 1. The molecule has 1 aliphatic rings. The quantitative estimate of drug-likeness (QED) is 0.463. The summed E-state index contributed by atoms with van der Waals surface area (Å²) in [5.41, 5.74) is 0.242. The molecule has 1 aliphatic heterocycles. The average molecular weight is 274 g/mol. The van der Waals surface area contributed by atoms with Crippen LogP contribution >= 0.6 is 0 Å². The normalized spacial score (nSPS) is 15.7. The second-order valence-corrected chi connectivity index (χ2v) is 4.53. The molecule has 1 aromatic rings. The fraction of sp³-hybridized carbons (Fsp3) is 0.385. The van der Waals surface area contributed by atoms with Crippen LogP contribution in [0.15, 0.2) is 24.3 Å². The highest BCUT2D eigenvalue weighted by molar-refractivity contribution is 5.94. The van der Waals surface area contributed by atoms with E-state index in [1.165, 1.54) is 18.2 Å². The molecule has 2 rings (SSSR count). The number of nitro benzene ring substituents is 1. The fourth-order valence-corrected chi connectivity index (χ4v) is 2.14. The van der Waals surface area contributed by atoms with Gasteiger partial charge in [0, 0.05) is 43.9 Å². The Bertz CT molecular complexity index is 559. The Morgan fingerprint density at radius 2 is 2.05 bits per heavy atom. The molecule has 0 bridgehead atoms. The van der Waals surface area contributed by atoms with E-state index in [1.54, 1.807) is 11.0 Å². The predicted octanol–water partition coefficient (Wildman–Crippen LogP) is 0.876. The molecule has 0 saturated carbocycles. The lowest BCUT2D eigenvalue weighted by Gasteiger charge is -2.33. The van der Waals surface area contributed by atoms with Crippen LogP contribution in [0.25, 0.3) is 0 Å². The Balaban J connectivity index is 2.04. The van der Waals surface area contributed by atoms with Crippen molar-refractivity contribution in [1.29, 1.82) is 5.26 Å². The minimum absolute atomic E-state index is 0.0843. The molecule has 1 heterocycles. The molecule has 0 aromatic heterocycles. The summed E-state index contributed by atoms with van der Waals surface area (Å²) >= 11 is 0. The van der Waals surface area contributed by atoms with E-state index in [0.29, 0.717) is 38.3 Å². The van der Waals surface area contributed by atoms with Gasteiger partial charge in [-0.3, -0.25) is 19.8 Å². The zero-order valence-corrected chi connectivity index (χ0v) is 10.9. The van der Waals surface area contributed by atoms with Crippen molar-refractivity contribution in [2.45, 2.75) is 0 Å². The van der Waals surface area contributed by atoms with Crippen LogP contribution in [-0.2, 0) is 0 Å². The molecule has 0 spiro atoms. The number of nitro groups is 1. The van der Waals surface area contributed by atoms with Crippen LogP contribution in [0.4, 0.5) is 5.69 Å². The number of piperazine rings is 1. The molecule has 0 aliphatic carbocycles. The Labute approximate surface area is 116 Å². The van der Waals surface area contributed by atoms with E-state index in [0.717, 1.165) is 0 Å². The van der Waals surface area contributed by atoms with Gasteiger partial charge in [0.25, 0.3) is 11.6 Å². The molecule has 20 heavy (non-hydrogen) atoms. The molecule has 1 amide bonds. The molecule has 1 saturated heterocycles. The van der Waals surface area contributed by atoms with Gasteiger partial charge in [-0.2, -0.15) is 5.26 Å². The van der Waals surface area contributed by atoms with Gasteiger partial charge in [0.2, 0.25) is 0 Å². The predicted molar refractivity (Wildman–Crippen MR) is 71.1 cm³/mol. The van der Waals surface area contributed by atoms with Crippen molar-refractivity contribution in [3.8, 4) is 6.07 Å². The number of carbonyl (C=O) groups excluding carboxylic acids is 1. The molecule has 0 N–H and O–H groups in total. The third kappa shape index (κ3) is 3.10. The lowest BCUT2D eigenvalue weighted by atomic mass is 10.1. The number of hydrogen-bond acceptors (Lipinski definition) is 5. The molecule has 1 fully saturated rings. The molecule has 7 nitrogen and oxygen atoms in total. The van der Waals surface area contributed by atoms with Crippen LogP contribution in [0.5, 0.6) is 0 Å². The number of rotatable bonds is 3. The maximum atomic E-state index is 12.3. The van der Waals surface area contributed by atoms with Crippen LogP contribution in [0.2, 0.25) is 0 Å². The van der Waals surface area contributed by atoms with Gasteiger partial charge in [0.15, 0.2) is 0 Å². The van der Waals surface area contributed by atoms with Crippen molar-refractivity contribution in [3.63, 3.8) is 0 Å². The lowest BCUT2D eigenvalue weighted by Crippen LogP contribution is -2.48. The molecular formula is C13H14N4O3. The average Bonchev–Trinajstić information content (AvgIpc) is 2.48. The first-order chi connectivity index (χ1) is 9.61. The van der Waals surface area contributed by atoms with E-state index in [-0.39, 0.29) is 11.6 Å². The second kappa shape index (κ2) is 6.12. The van der Waals surface area contributed by atoms with E-state index in [9.17, 15) is 14.9 Å². The van der Waals surface area contributed by atoms with Crippen molar-refractivity contribution < 1.29 is 9.72 Å². The van der Waals surface area contributed by atoms with E-state index in [1.807, 2.05) is 4.90 Å². The second-order valence-electron chi connectivity index (χ2n) is 4.53. The van der Waals surface area contributed by atoms with Crippen molar-refractivity contribution in [2.75, 3.05) is 32.7 Å². The third-order valence-corrected chi connectivity index (χ3v) is 3.26. The smallest absolute Gasteiger partial charge is 0.270 e. The third-order valence-electron chi connectivity index (χ3n) is 3.26. The van der Waals surface area contributed by atoms with E-state index in [4.69, 9.17) is 5.26 Å². The summed E-state index contributed by atoms with van der Waals surface area (Å²) in [6.45, 7) is 2.72. The number of carbonyl (C=O) groups is 1.